The number of carbonyl (C=O) groups is 1. The highest BCUT2D eigenvalue weighted by atomic mass is 19.1. The third-order valence-electron chi connectivity index (χ3n) is 2.20. The van der Waals surface area contributed by atoms with Gasteiger partial charge in [0.15, 0.2) is 0 Å². The topological polar surface area (TPSA) is 57.5 Å². The van der Waals surface area contributed by atoms with Crippen molar-refractivity contribution in [2.75, 3.05) is 0 Å². The van der Waals surface area contributed by atoms with Gasteiger partial charge in [0.2, 0.25) is 0 Å². The number of benzene rings is 1. The van der Waals surface area contributed by atoms with E-state index in [9.17, 15) is 14.3 Å². The Morgan fingerprint density at radius 3 is 2.33 bits per heavy atom. The SMILES string of the molecule is Cc1cc(F)c(C(C)(C)O)cc1C(=O)O. The van der Waals surface area contributed by atoms with Crippen LogP contribution in [0, 0.1) is 12.7 Å². The van der Waals surface area contributed by atoms with Crippen molar-refractivity contribution in [1.29, 1.82) is 0 Å². The Bertz CT molecular complexity index is 405. The van der Waals surface area contributed by atoms with Crippen LogP contribution in [0.1, 0.15) is 35.3 Å². The molecule has 0 atom stereocenters. The van der Waals surface area contributed by atoms with Crippen LogP contribution in [0.5, 0.6) is 0 Å². The van der Waals surface area contributed by atoms with E-state index in [1.54, 1.807) is 0 Å². The fourth-order valence-corrected chi connectivity index (χ4v) is 1.37. The normalized spacial score (nSPS) is 11.5. The molecule has 0 spiro atoms. The van der Waals surface area contributed by atoms with Crippen LogP contribution in [-0.4, -0.2) is 16.2 Å². The molecule has 2 N–H and O–H groups in total. The molecule has 0 amide bonds. The number of halogens is 1. The van der Waals surface area contributed by atoms with Gasteiger partial charge in [-0.2, -0.15) is 0 Å². The molecule has 15 heavy (non-hydrogen) atoms. The van der Waals surface area contributed by atoms with E-state index in [2.05, 4.69) is 0 Å². The van der Waals surface area contributed by atoms with Crippen molar-refractivity contribution in [2.45, 2.75) is 26.4 Å². The van der Waals surface area contributed by atoms with Crippen LogP contribution in [0.3, 0.4) is 0 Å². The molecule has 0 aliphatic rings. The van der Waals surface area contributed by atoms with Crippen LogP contribution in [0.25, 0.3) is 0 Å². The molecule has 1 aromatic rings. The van der Waals surface area contributed by atoms with E-state index < -0.39 is 17.4 Å². The number of hydrogen-bond donors (Lipinski definition) is 2. The molecule has 1 rings (SSSR count). The molecule has 0 saturated carbocycles. The zero-order valence-electron chi connectivity index (χ0n) is 8.84. The molecule has 0 bridgehead atoms. The van der Waals surface area contributed by atoms with Crippen molar-refractivity contribution < 1.29 is 19.4 Å². The van der Waals surface area contributed by atoms with Crippen LogP contribution in [0.2, 0.25) is 0 Å². The van der Waals surface area contributed by atoms with Gasteiger partial charge in [0.05, 0.1) is 11.2 Å². The molecule has 0 heterocycles. The molecule has 0 saturated heterocycles. The van der Waals surface area contributed by atoms with Crippen LogP contribution in [0.15, 0.2) is 12.1 Å². The summed E-state index contributed by atoms with van der Waals surface area (Å²) in [5, 5.41) is 18.5. The molecular weight excluding hydrogens is 199 g/mol. The Kier molecular flexibility index (Phi) is 2.81. The second-order valence-electron chi connectivity index (χ2n) is 4.01. The highest BCUT2D eigenvalue weighted by molar-refractivity contribution is 5.89. The third kappa shape index (κ3) is 2.33. The average molecular weight is 212 g/mol. The van der Waals surface area contributed by atoms with Crippen LogP contribution in [-0.2, 0) is 5.60 Å². The van der Waals surface area contributed by atoms with Gasteiger partial charge in [-0.05, 0) is 38.5 Å². The van der Waals surface area contributed by atoms with Crippen molar-refractivity contribution in [3.63, 3.8) is 0 Å². The van der Waals surface area contributed by atoms with E-state index in [0.717, 1.165) is 6.07 Å². The van der Waals surface area contributed by atoms with E-state index >= 15 is 0 Å². The van der Waals surface area contributed by atoms with Gasteiger partial charge >= 0.3 is 5.97 Å². The first kappa shape index (κ1) is 11.7. The van der Waals surface area contributed by atoms with Gasteiger partial charge in [0.25, 0.3) is 0 Å². The fraction of sp³-hybridized carbons (Fsp3) is 0.364. The van der Waals surface area contributed by atoms with E-state index in [0.29, 0.717) is 5.56 Å². The monoisotopic (exact) mass is 212 g/mol. The lowest BCUT2D eigenvalue weighted by molar-refractivity contribution is 0.0688. The molecule has 1 aromatic carbocycles. The number of aliphatic hydroxyl groups is 1. The van der Waals surface area contributed by atoms with Crippen molar-refractivity contribution in [1.82, 2.24) is 0 Å². The van der Waals surface area contributed by atoms with Gasteiger partial charge in [-0.3, -0.25) is 0 Å². The highest BCUT2D eigenvalue weighted by Crippen LogP contribution is 2.25. The molecule has 0 aliphatic carbocycles. The van der Waals surface area contributed by atoms with E-state index in [1.807, 2.05) is 0 Å². The van der Waals surface area contributed by atoms with Crippen molar-refractivity contribution in [3.05, 3.63) is 34.6 Å². The zero-order chi connectivity index (χ0) is 11.8. The molecule has 4 heteroatoms. The fourth-order valence-electron chi connectivity index (χ4n) is 1.37. The van der Waals surface area contributed by atoms with Crippen molar-refractivity contribution >= 4 is 5.97 Å². The lowest BCUT2D eigenvalue weighted by atomic mass is 9.94. The summed E-state index contributed by atoms with van der Waals surface area (Å²) < 4.78 is 13.4. The molecule has 0 aromatic heterocycles. The first-order chi connectivity index (χ1) is 6.73. The maximum absolute atomic E-state index is 13.4. The quantitative estimate of drug-likeness (QED) is 0.788. The summed E-state index contributed by atoms with van der Waals surface area (Å²) in [6, 6.07) is 2.30. The molecule has 82 valence electrons. The summed E-state index contributed by atoms with van der Waals surface area (Å²) in [7, 11) is 0. The minimum Gasteiger partial charge on any atom is -0.478 e. The number of aromatic carboxylic acids is 1. The standard InChI is InChI=1S/C11H13FO3/c1-6-4-9(12)8(11(2,3)15)5-7(6)10(13)14/h4-5,15H,1-3H3,(H,13,14). The van der Waals surface area contributed by atoms with Crippen LogP contribution < -0.4 is 0 Å². The summed E-state index contributed by atoms with van der Waals surface area (Å²) in [6.45, 7) is 4.33. The summed E-state index contributed by atoms with van der Waals surface area (Å²) >= 11 is 0. The maximum atomic E-state index is 13.4. The molecular formula is C11H13FO3. The number of carboxylic acid groups (broad SMARTS) is 1. The minimum atomic E-state index is -1.39. The Morgan fingerprint density at radius 2 is 1.93 bits per heavy atom. The molecule has 0 radical (unpaired) electrons. The zero-order valence-corrected chi connectivity index (χ0v) is 8.84. The first-order valence-electron chi connectivity index (χ1n) is 4.50. The minimum absolute atomic E-state index is 0.00789. The number of aryl methyl sites for hydroxylation is 1. The van der Waals surface area contributed by atoms with Gasteiger partial charge in [-0.25, -0.2) is 9.18 Å². The van der Waals surface area contributed by atoms with E-state index in [1.165, 1.54) is 26.8 Å². The predicted octanol–water partition coefficient (Wildman–Crippen LogP) is 2.06. The summed E-state index contributed by atoms with van der Waals surface area (Å²) in [5.74, 6) is -1.72. The Balaban J connectivity index is 3.43. The summed E-state index contributed by atoms with van der Waals surface area (Å²) in [6.07, 6.45) is 0. The Labute approximate surface area is 87.2 Å². The maximum Gasteiger partial charge on any atom is 0.335 e. The summed E-state index contributed by atoms with van der Waals surface area (Å²) in [5.41, 5.74) is -1.05. The Hall–Kier alpha value is -1.42. The largest absolute Gasteiger partial charge is 0.478 e. The lowest BCUT2D eigenvalue weighted by Crippen LogP contribution is -2.19. The number of rotatable bonds is 2. The van der Waals surface area contributed by atoms with Gasteiger partial charge < -0.3 is 10.2 Å². The molecule has 0 unspecified atom stereocenters. The molecule has 0 aliphatic heterocycles. The average Bonchev–Trinajstić information content (AvgIpc) is 2.00. The molecule has 0 fully saturated rings. The van der Waals surface area contributed by atoms with Gasteiger partial charge in [-0.15, -0.1) is 0 Å². The smallest absolute Gasteiger partial charge is 0.335 e. The lowest BCUT2D eigenvalue weighted by Gasteiger charge is -2.19. The predicted molar refractivity (Wildman–Crippen MR) is 53.3 cm³/mol. The molecule has 3 nitrogen and oxygen atoms in total. The van der Waals surface area contributed by atoms with Crippen LogP contribution in [0.4, 0.5) is 4.39 Å². The van der Waals surface area contributed by atoms with Crippen molar-refractivity contribution in [3.8, 4) is 0 Å². The first-order valence-corrected chi connectivity index (χ1v) is 4.50. The van der Waals surface area contributed by atoms with Gasteiger partial charge in [-0.1, -0.05) is 0 Å². The van der Waals surface area contributed by atoms with Gasteiger partial charge in [0, 0.05) is 5.56 Å². The van der Waals surface area contributed by atoms with Gasteiger partial charge in [0.1, 0.15) is 5.82 Å². The summed E-state index contributed by atoms with van der Waals surface area (Å²) in [4.78, 5) is 10.8. The Morgan fingerprint density at radius 1 is 1.40 bits per heavy atom. The number of carboxylic acids is 1. The van der Waals surface area contributed by atoms with Crippen molar-refractivity contribution in [2.24, 2.45) is 0 Å². The van der Waals surface area contributed by atoms with E-state index in [4.69, 9.17) is 5.11 Å². The van der Waals surface area contributed by atoms with E-state index in [-0.39, 0.29) is 11.1 Å². The highest BCUT2D eigenvalue weighted by Gasteiger charge is 2.23. The third-order valence-corrected chi connectivity index (χ3v) is 2.20. The second kappa shape index (κ2) is 3.62. The number of hydrogen-bond acceptors (Lipinski definition) is 2. The second-order valence-corrected chi connectivity index (χ2v) is 4.01. The van der Waals surface area contributed by atoms with Crippen LogP contribution >= 0.6 is 0 Å².